The zero-order chi connectivity index (χ0) is 15.6. The first-order valence-electron chi connectivity index (χ1n) is 6.23. The first kappa shape index (κ1) is 15.6. The number of nitro groups is 1. The molecule has 1 aromatic carbocycles. The van der Waals surface area contributed by atoms with E-state index in [0.717, 1.165) is 12.1 Å². The van der Waals surface area contributed by atoms with E-state index in [9.17, 15) is 18.5 Å². The number of nitrogens with one attached hydrogen (secondary N) is 1. The molecule has 1 unspecified atom stereocenters. The number of nitrogens with two attached hydrogens (primary N) is 1. The van der Waals surface area contributed by atoms with Crippen LogP contribution in [-0.4, -0.2) is 43.4 Å². The van der Waals surface area contributed by atoms with Crippen LogP contribution >= 0.6 is 0 Å². The van der Waals surface area contributed by atoms with E-state index < -0.39 is 14.9 Å². The van der Waals surface area contributed by atoms with Crippen LogP contribution in [-0.2, 0) is 14.8 Å². The summed E-state index contributed by atoms with van der Waals surface area (Å²) in [4.78, 5) is 10.0. The number of ether oxygens (including phenoxy) is 1. The van der Waals surface area contributed by atoms with Crippen molar-refractivity contribution < 1.29 is 18.1 Å². The van der Waals surface area contributed by atoms with Gasteiger partial charge in [-0.2, -0.15) is 4.31 Å². The summed E-state index contributed by atoms with van der Waals surface area (Å²) in [7, 11) is -3.79. The van der Waals surface area contributed by atoms with Crippen molar-refractivity contribution in [2.75, 3.05) is 25.1 Å². The number of hydrogen-bond donors (Lipinski definition) is 2. The van der Waals surface area contributed by atoms with Crippen LogP contribution in [0, 0.1) is 10.1 Å². The molecule has 10 heteroatoms. The van der Waals surface area contributed by atoms with Gasteiger partial charge in [0.1, 0.15) is 4.90 Å². The van der Waals surface area contributed by atoms with Gasteiger partial charge in [0.25, 0.3) is 5.69 Å². The molecular weight excluding hydrogens is 300 g/mol. The zero-order valence-corrected chi connectivity index (χ0v) is 12.2. The number of non-ortho nitro benzene ring substituents is 1. The van der Waals surface area contributed by atoms with Crippen LogP contribution < -0.4 is 11.3 Å². The lowest BCUT2D eigenvalue weighted by Gasteiger charge is -2.30. The summed E-state index contributed by atoms with van der Waals surface area (Å²) in [5.41, 5.74) is 1.96. The average molecular weight is 316 g/mol. The van der Waals surface area contributed by atoms with Gasteiger partial charge >= 0.3 is 0 Å². The monoisotopic (exact) mass is 316 g/mol. The van der Waals surface area contributed by atoms with Crippen molar-refractivity contribution in [2.24, 2.45) is 5.84 Å². The highest BCUT2D eigenvalue weighted by atomic mass is 32.2. The van der Waals surface area contributed by atoms with Crippen molar-refractivity contribution in [1.29, 1.82) is 0 Å². The highest BCUT2D eigenvalue weighted by Gasteiger charge is 2.31. The van der Waals surface area contributed by atoms with E-state index in [1.165, 1.54) is 10.4 Å². The molecule has 0 radical (unpaired) electrons. The molecule has 116 valence electrons. The maximum Gasteiger partial charge on any atom is 0.271 e. The number of benzene rings is 1. The van der Waals surface area contributed by atoms with Gasteiger partial charge in [-0.1, -0.05) is 0 Å². The van der Waals surface area contributed by atoms with Crippen molar-refractivity contribution in [2.45, 2.75) is 17.9 Å². The molecule has 21 heavy (non-hydrogen) atoms. The Morgan fingerprint density at radius 3 is 2.81 bits per heavy atom. The van der Waals surface area contributed by atoms with E-state index >= 15 is 0 Å². The van der Waals surface area contributed by atoms with Gasteiger partial charge in [0, 0.05) is 25.2 Å². The molecule has 0 bridgehead atoms. The second kappa shape index (κ2) is 5.93. The number of anilines is 1. The maximum absolute atomic E-state index is 12.6. The fraction of sp³-hybridized carbons (Fsp3) is 0.455. The number of rotatable bonds is 4. The summed E-state index contributed by atoms with van der Waals surface area (Å²) in [5, 5.41) is 10.7. The lowest BCUT2D eigenvalue weighted by atomic mass is 10.3. The van der Waals surface area contributed by atoms with E-state index in [1.54, 1.807) is 6.92 Å². The van der Waals surface area contributed by atoms with Crippen LogP contribution in [0.3, 0.4) is 0 Å². The van der Waals surface area contributed by atoms with E-state index in [0.29, 0.717) is 6.61 Å². The standard InChI is InChI=1S/C11H16N4O5S/c1-8-7-14(4-5-20-8)21(18,19)11-3-2-9(15(16)17)6-10(11)13-12/h2-3,6,8,13H,4-5,7,12H2,1H3. The summed E-state index contributed by atoms with van der Waals surface area (Å²) >= 11 is 0. The molecule has 1 heterocycles. The molecule has 1 aliphatic heterocycles. The van der Waals surface area contributed by atoms with E-state index in [2.05, 4.69) is 5.43 Å². The van der Waals surface area contributed by atoms with Crippen LogP contribution in [0.2, 0.25) is 0 Å². The Labute approximate surface area is 121 Å². The maximum atomic E-state index is 12.6. The highest BCUT2D eigenvalue weighted by molar-refractivity contribution is 7.89. The topological polar surface area (TPSA) is 128 Å². The molecule has 1 aromatic rings. The number of hydrazine groups is 1. The van der Waals surface area contributed by atoms with Crippen molar-refractivity contribution >= 4 is 21.4 Å². The first-order valence-corrected chi connectivity index (χ1v) is 7.67. The van der Waals surface area contributed by atoms with Crippen LogP contribution in [0.15, 0.2) is 23.1 Å². The number of nitrogen functional groups attached to an aromatic ring is 1. The summed E-state index contributed by atoms with van der Waals surface area (Å²) in [5.74, 6) is 5.29. The first-order chi connectivity index (χ1) is 9.86. The van der Waals surface area contributed by atoms with Crippen LogP contribution in [0.5, 0.6) is 0 Å². The Morgan fingerprint density at radius 2 is 2.24 bits per heavy atom. The molecule has 1 aliphatic rings. The number of morpholine rings is 1. The minimum atomic E-state index is -3.79. The minimum Gasteiger partial charge on any atom is -0.376 e. The smallest absolute Gasteiger partial charge is 0.271 e. The molecule has 0 saturated carbocycles. The molecular formula is C11H16N4O5S. The number of sulfonamides is 1. The van der Waals surface area contributed by atoms with Crippen molar-refractivity contribution in [3.8, 4) is 0 Å². The van der Waals surface area contributed by atoms with E-state index in [4.69, 9.17) is 10.6 Å². The quantitative estimate of drug-likeness (QED) is 0.464. The molecule has 3 N–H and O–H groups in total. The summed E-state index contributed by atoms with van der Waals surface area (Å²) < 4.78 is 31.8. The summed E-state index contributed by atoms with van der Waals surface area (Å²) in [6.45, 7) is 2.54. The van der Waals surface area contributed by atoms with Gasteiger partial charge in [0.05, 0.1) is 23.3 Å². The normalized spacial score (nSPS) is 20.2. The van der Waals surface area contributed by atoms with Gasteiger partial charge in [0.15, 0.2) is 0 Å². The van der Waals surface area contributed by atoms with E-state index in [-0.39, 0.29) is 35.5 Å². The van der Waals surface area contributed by atoms with Crippen LogP contribution in [0.4, 0.5) is 11.4 Å². The fourth-order valence-corrected chi connectivity index (χ4v) is 3.75. The summed E-state index contributed by atoms with van der Waals surface area (Å²) in [6, 6.07) is 3.41. The zero-order valence-electron chi connectivity index (χ0n) is 11.4. The molecule has 0 aromatic heterocycles. The second-order valence-electron chi connectivity index (χ2n) is 4.63. The Kier molecular flexibility index (Phi) is 4.42. The number of nitro benzene ring substituents is 1. The largest absolute Gasteiger partial charge is 0.376 e. The molecule has 0 aliphatic carbocycles. The highest BCUT2D eigenvalue weighted by Crippen LogP contribution is 2.29. The molecule has 9 nitrogen and oxygen atoms in total. The number of nitrogens with zero attached hydrogens (tertiary/aromatic N) is 2. The third kappa shape index (κ3) is 3.13. The van der Waals surface area contributed by atoms with Gasteiger partial charge in [-0.05, 0) is 13.0 Å². The lowest BCUT2D eigenvalue weighted by Crippen LogP contribution is -2.44. The van der Waals surface area contributed by atoms with Crippen LogP contribution in [0.1, 0.15) is 6.92 Å². The van der Waals surface area contributed by atoms with Gasteiger partial charge in [0.2, 0.25) is 10.0 Å². The third-order valence-electron chi connectivity index (χ3n) is 3.15. The fourth-order valence-electron chi connectivity index (χ4n) is 2.11. The Balaban J connectivity index is 2.42. The molecule has 1 fully saturated rings. The lowest BCUT2D eigenvalue weighted by molar-refractivity contribution is -0.384. The van der Waals surface area contributed by atoms with Gasteiger partial charge in [-0.25, -0.2) is 8.42 Å². The Morgan fingerprint density at radius 1 is 1.52 bits per heavy atom. The molecule has 1 atom stereocenters. The Bertz CT molecular complexity index is 648. The van der Waals surface area contributed by atoms with Crippen LogP contribution in [0.25, 0.3) is 0 Å². The number of hydrogen-bond acceptors (Lipinski definition) is 7. The van der Waals surface area contributed by atoms with Gasteiger partial charge in [-0.15, -0.1) is 0 Å². The molecule has 2 rings (SSSR count). The second-order valence-corrected chi connectivity index (χ2v) is 6.53. The predicted octanol–water partition coefficient (Wildman–Crippen LogP) is 0.290. The SMILES string of the molecule is CC1CN(S(=O)(=O)c2ccc([N+](=O)[O-])cc2NN)CCO1. The van der Waals surface area contributed by atoms with Crippen molar-refractivity contribution in [1.82, 2.24) is 4.31 Å². The van der Waals surface area contributed by atoms with E-state index in [1.807, 2.05) is 0 Å². The minimum absolute atomic E-state index is 0.0108. The molecule has 1 saturated heterocycles. The average Bonchev–Trinajstić information content (AvgIpc) is 2.46. The Hall–Kier alpha value is -1.75. The molecule has 0 spiro atoms. The van der Waals surface area contributed by atoms with Crippen molar-refractivity contribution in [3.63, 3.8) is 0 Å². The third-order valence-corrected chi connectivity index (χ3v) is 5.07. The summed E-state index contributed by atoms with van der Waals surface area (Å²) in [6.07, 6.45) is -0.208. The molecule has 0 amide bonds. The predicted molar refractivity (Wildman–Crippen MR) is 75.1 cm³/mol. The van der Waals surface area contributed by atoms with Gasteiger partial charge in [-0.3, -0.25) is 16.0 Å². The van der Waals surface area contributed by atoms with Crippen molar-refractivity contribution in [3.05, 3.63) is 28.3 Å². The van der Waals surface area contributed by atoms with Gasteiger partial charge < -0.3 is 10.2 Å².